The summed E-state index contributed by atoms with van der Waals surface area (Å²) in [6.07, 6.45) is 0. The Morgan fingerprint density at radius 3 is 2.58 bits per heavy atom. The zero-order chi connectivity index (χ0) is 14.0. The topological polar surface area (TPSA) is 71.3 Å². The van der Waals surface area contributed by atoms with Gasteiger partial charge >= 0.3 is 5.97 Å². The van der Waals surface area contributed by atoms with Gasteiger partial charge in [-0.3, -0.25) is 4.79 Å². The van der Waals surface area contributed by atoms with Crippen molar-refractivity contribution in [3.05, 3.63) is 58.0 Å². The quantitative estimate of drug-likeness (QED) is 0.884. The fourth-order valence-electron chi connectivity index (χ4n) is 1.77. The maximum atomic E-state index is 11.7. The summed E-state index contributed by atoms with van der Waals surface area (Å²) < 4.78 is 1.52. The Labute approximate surface area is 110 Å². The van der Waals surface area contributed by atoms with Gasteiger partial charge in [0.05, 0.1) is 11.3 Å². The van der Waals surface area contributed by atoms with Gasteiger partial charge in [-0.15, -0.1) is 0 Å². The largest absolute Gasteiger partial charge is 0.478 e. The van der Waals surface area contributed by atoms with Gasteiger partial charge in [-0.2, -0.15) is 0 Å². The number of carbonyl (C=O) groups is 1. The number of rotatable bonds is 3. The standard InChI is InChI=1S/C14H14N2O3/c1-9-7-10(8-13(17)16(9)2)15-12-6-4-3-5-11(12)14(18)19/h3-8,15H,1-2H3,(H,18,19). The Morgan fingerprint density at radius 1 is 1.26 bits per heavy atom. The summed E-state index contributed by atoms with van der Waals surface area (Å²) in [4.78, 5) is 22.8. The summed E-state index contributed by atoms with van der Waals surface area (Å²) in [6, 6.07) is 9.80. The number of pyridine rings is 1. The van der Waals surface area contributed by atoms with Gasteiger partial charge in [0, 0.05) is 24.5 Å². The van der Waals surface area contributed by atoms with E-state index in [2.05, 4.69) is 5.32 Å². The second-order valence-corrected chi connectivity index (χ2v) is 4.26. The number of hydrogen-bond donors (Lipinski definition) is 2. The molecule has 0 unspecified atom stereocenters. The summed E-state index contributed by atoms with van der Waals surface area (Å²) in [5.74, 6) is -1.01. The molecule has 98 valence electrons. The molecule has 0 aliphatic heterocycles. The molecule has 0 amide bonds. The van der Waals surface area contributed by atoms with Gasteiger partial charge in [0.15, 0.2) is 0 Å². The highest BCUT2D eigenvalue weighted by atomic mass is 16.4. The summed E-state index contributed by atoms with van der Waals surface area (Å²) in [5.41, 5.74) is 1.86. The number of carboxylic acids is 1. The molecule has 0 aliphatic carbocycles. The van der Waals surface area contributed by atoms with Crippen molar-refractivity contribution in [2.24, 2.45) is 7.05 Å². The van der Waals surface area contributed by atoms with Crippen molar-refractivity contribution in [1.29, 1.82) is 0 Å². The fourth-order valence-corrected chi connectivity index (χ4v) is 1.77. The number of hydrogen-bond acceptors (Lipinski definition) is 3. The number of aromatic carboxylic acids is 1. The first-order valence-electron chi connectivity index (χ1n) is 5.76. The number of nitrogens with one attached hydrogen (secondary N) is 1. The average Bonchev–Trinajstić information content (AvgIpc) is 2.36. The van der Waals surface area contributed by atoms with Crippen molar-refractivity contribution >= 4 is 17.3 Å². The molecule has 0 saturated carbocycles. The Hall–Kier alpha value is -2.56. The number of para-hydroxylation sites is 1. The van der Waals surface area contributed by atoms with Crippen molar-refractivity contribution < 1.29 is 9.90 Å². The van der Waals surface area contributed by atoms with E-state index in [0.29, 0.717) is 11.4 Å². The van der Waals surface area contributed by atoms with Crippen LogP contribution in [0.25, 0.3) is 0 Å². The Balaban J connectivity index is 2.42. The number of nitrogens with zero attached hydrogens (tertiary/aromatic N) is 1. The summed E-state index contributed by atoms with van der Waals surface area (Å²) in [6.45, 7) is 1.82. The van der Waals surface area contributed by atoms with Crippen LogP contribution in [-0.2, 0) is 7.05 Å². The first-order chi connectivity index (χ1) is 8.99. The highest BCUT2D eigenvalue weighted by Crippen LogP contribution is 2.20. The van der Waals surface area contributed by atoms with Crippen LogP contribution >= 0.6 is 0 Å². The molecule has 0 aliphatic rings. The SMILES string of the molecule is Cc1cc(Nc2ccccc2C(=O)O)cc(=O)n1C. The lowest BCUT2D eigenvalue weighted by atomic mass is 10.1. The first-order valence-corrected chi connectivity index (χ1v) is 5.76. The smallest absolute Gasteiger partial charge is 0.337 e. The Bertz CT molecular complexity index is 689. The number of carboxylic acid groups (broad SMARTS) is 1. The molecule has 2 N–H and O–H groups in total. The van der Waals surface area contributed by atoms with E-state index in [-0.39, 0.29) is 11.1 Å². The van der Waals surface area contributed by atoms with Crippen molar-refractivity contribution in [2.45, 2.75) is 6.92 Å². The predicted octanol–water partition coefficient (Wildman–Crippen LogP) is 2.14. The molecule has 1 aromatic heterocycles. The van der Waals surface area contributed by atoms with Gasteiger partial charge in [0.2, 0.25) is 0 Å². The van der Waals surface area contributed by atoms with Crippen LogP contribution in [0.15, 0.2) is 41.2 Å². The lowest BCUT2D eigenvalue weighted by molar-refractivity contribution is 0.0698. The highest BCUT2D eigenvalue weighted by Gasteiger charge is 2.09. The molecule has 0 radical (unpaired) electrons. The average molecular weight is 258 g/mol. The number of benzene rings is 1. The van der Waals surface area contributed by atoms with Crippen molar-refractivity contribution in [1.82, 2.24) is 4.57 Å². The van der Waals surface area contributed by atoms with Gasteiger partial charge in [-0.1, -0.05) is 12.1 Å². The van der Waals surface area contributed by atoms with Crippen LogP contribution in [0.1, 0.15) is 16.1 Å². The normalized spacial score (nSPS) is 10.2. The van der Waals surface area contributed by atoms with E-state index >= 15 is 0 Å². The lowest BCUT2D eigenvalue weighted by Crippen LogP contribution is -2.18. The number of aromatic nitrogens is 1. The molecule has 2 aromatic rings. The molecule has 2 rings (SSSR count). The number of aryl methyl sites for hydroxylation is 1. The summed E-state index contributed by atoms with van der Waals surface area (Å²) >= 11 is 0. The van der Waals surface area contributed by atoms with Crippen LogP contribution in [0.3, 0.4) is 0 Å². The van der Waals surface area contributed by atoms with Gasteiger partial charge < -0.3 is 15.0 Å². The van der Waals surface area contributed by atoms with Crippen LogP contribution in [0.4, 0.5) is 11.4 Å². The van der Waals surface area contributed by atoms with E-state index in [1.54, 1.807) is 31.3 Å². The van der Waals surface area contributed by atoms with Crippen LogP contribution in [0, 0.1) is 6.92 Å². The zero-order valence-corrected chi connectivity index (χ0v) is 10.7. The molecular weight excluding hydrogens is 244 g/mol. The minimum Gasteiger partial charge on any atom is -0.478 e. The van der Waals surface area contributed by atoms with Crippen molar-refractivity contribution in [3.63, 3.8) is 0 Å². The second kappa shape index (κ2) is 4.97. The highest BCUT2D eigenvalue weighted by molar-refractivity contribution is 5.95. The maximum absolute atomic E-state index is 11.7. The van der Waals surface area contributed by atoms with Crippen LogP contribution < -0.4 is 10.9 Å². The molecule has 0 saturated heterocycles. The predicted molar refractivity (Wildman–Crippen MR) is 73.1 cm³/mol. The van der Waals surface area contributed by atoms with Gasteiger partial charge in [-0.25, -0.2) is 4.79 Å². The second-order valence-electron chi connectivity index (χ2n) is 4.26. The van der Waals surface area contributed by atoms with Crippen LogP contribution in [0.5, 0.6) is 0 Å². The molecule has 5 nitrogen and oxygen atoms in total. The monoisotopic (exact) mass is 258 g/mol. The molecule has 1 aromatic carbocycles. The third-order valence-corrected chi connectivity index (χ3v) is 2.94. The molecule has 0 atom stereocenters. The molecule has 5 heteroatoms. The zero-order valence-electron chi connectivity index (χ0n) is 10.7. The lowest BCUT2D eigenvalue weighted by Gasteiger charge is -2.11. The van der Waals surface area contributed by atoms with Gasteiger partial charge in [0.25, 0.3) is 5.56 Å². The van der Waals surface area contributed by atoms with Crippen molar-refractivity contribution in [2.75, 3.05) is 5.32 Å². The molecule has 0 spiro atoms. The van der Waals surface area contributed by atoms with E-state index in [0.717, 1.165) is 5.69 Å². The van der Waals surface area contributed by atoms with E-state index in [9.17, 15) is 9.59 Å². The van der Waals surface area contributed by atoms with E-state index < -0.39 is 5.97 Å². The van der Waals surface area contributed by atoms with E-state index in [1.807, 2.05) is 6.92 Å². The minimum atomic E-state index is -1.01. The molecule has 19 heavy (non-hydrogen) atoms. The van der Waals surface area contributed by atoms with Gasteiger partial charge in [0.1, 0.15) is 0 Å². The van der Waals surface area contributed by atoms with E-state index in [1.165, 1.54) is 16.7 Å². The number of anilines is 2. The molecule has 0 fully saturated rings. The molecular formula is C14H14N2O3. The fraction of sp³-hybridized carbons (Fsp3) is 0.143. The molecule has 1 heterocycles. The molecule has 0 bridgehead atoms. The van der Waals surface area contributed by atoms with Crippen LogP contribution in [-0.4, -0.2) is 15.6 Å². The van der Waals surface area contributed by atoms with Crippen molar-refractivity contribution in [3.8, 4) is 0 Å². The third-order valence-electron chi connectivity index (χ3n) is 2.94. The minimum absolute atomic E-state index is 0.143. The summed E-state index contributed by atoms with van der Waals surface area (Å²) in [7, 11) is 1.69. The van der Waals surface area contributed by atoms with Crippen LogP contribution in [0.2, 0.25) is 0 Å². The maximum Gasteiger partial charge on any atom is 0.337 e. The van der Waals surface area contributed by atoms with E-state index in [4.69, 9.17) is 5.11 Å². The third kappa shape index (κ3) is 2.65. The summed E-state index contributed by atoms with van der Waals surface area (Å²) in [5, 5.41) is 12.1. The first kappa shape index (κ1) is 12.9. The Kier molecular flexibility index (Phi) is 3.37. The Morgan fingerprint density at radius 2 is 1.95 bits per heavy atom. The van der Waals surface area contributed by atoms with Gasteiger partial charge in [-0.05, 0) is 25.1 Å².